The fraction of sp³-hybridized carbons (Fsp3) is 0.389. The van der Waals surface area contributed by atoms with Gasteiger partial charge in [0.1, 0.15) is 5.76 Å². The lowest BCUT2D eigenvalue weighted by Gasteiger charge is -2.33. The number of nitro groups is 1. The first-order valence-electron chi connectivity index (χ1n) is 9.01. The molecule has 1 fully saturated rings. The zero-order chi connectivity index (χ0) is 19.5. The van der Waals surface area contributed by atoms with Gasteiger partial charge >= 0.3 is 0 Å². The Morgan fingerprint density at radius 1 is 1.07 bits per heavy atom. The van der Waals surface area contributed by atoms with E-state index in [1.54, 1.807) is 12.1 Å². The Morgan fingerprint density at radius 2 is 1.75 bits per heavy atom. The summed E-state index contributed by atoms with van der Waals surface area (Å²) in [6.45, 7) is 6.90. The largest absolute Gasteiger partial charge is 0.419 e. The molecule has 0 saturated carbocycles. The molecule has 1 aromatic carbocycles. The van der Waals surface area contributed by atoms with Crippen molar-refractivity contribution in [3.05, 3.63) is 57.8 Å². The Hall–Kier alpha value is -3.11. The van der Waals surface area contributed by atoms with Crippen molar-refractivity contribution in [1.29, 1.82) is 0 Å². The van der Waals surface area contributed by atoms with Crippen LogP contribution < -0.4 is 0 Å². The van der Waals surface area contributed by atoms with Crippen molar-refractivity contribution in [3.8, 4) is 11.5 Å². The molecule has 1 aliphatic rings. The lowest BCUT2D eigenvalue weighted by Crippen LogP contribution is -2.45. The molecule has 28 heavy (non-hydrogen) atoms. The van der Waals surface area contributed by atoms with Crippen LogP contribution in [0.5, 0.6) is 0 Å². The first kappa shape index (κ1) is 18.3. The number of aromatic nitrogens is 3. The molecule has 1 aliphatic heterocycles. The van der Waals surface area contributed by atoms with Gasteiger partial charge in [0.05, 0.1) is 17.2 Å². The molecule has 0 spiro atoms. The maximum absolute atomic E-state index is 10.7. The van der Waals surface area contributed by atoms with E-state index >= 15 is 0 Å². The van der Waals surface area contributed by atoms with Gasteiger partial charge in [-0.1, -0.05) is 5.16 Å². The van der Waals surface area contributed by atoms with Crippen LogP contribution in [0.1, 0.15) is 17.3 Å². The summed E-state index contributed by atoms with van der Waals surface area (Å²) in [7, 11) is 0. The molecular weight excluding hydrogens is 364 g/mol. The molecule has 2 aromatic heterocycles. The molecule has 0 aliphatic carbocycles. The van der Waals surface area contributed by atoms with Gasteiger partial charge in [-0.05, 0) is 19.1 Å². The minimum Gasteiger partial charge on any atom is -0.419 e. The van der Waals surface area contributed by atoms with E-state index < -0.39 is 4.92 Å². The van der Waals surface area contributed by atoms with Crippen molar-refractivity contribution >= 4 is 5.69 Å². The SMILES string of the molecule is Cc1cc(CN2CCN(Cc3nnc(-c4ccc([N+](=O)[O-])cc4)o3)CC2)no1. The summed E-state index contributed by atoms with van der Waals surface area (Å²) in [5.41, 5.74) is 1.65. The van der Waals surface area contributed by atoms with Crippen molar-refractivity contribution < 1.29 is 13.9 Å². The molecule has 1 saturated heterocycles. The summed E-state index contributed by atoms with van der Waals surface area (Å²) in [4.78, 5) is 14.9. The number of hydrogen-bond donors (Lipinski definition) is 0. The van der Waals surface area contributed by atoms with Crippen molar-refractivity contribution in [1.82, 2.24) is 25.2 Å². The normalized spacial score (nSPS) is 15.8. The third kappa shape index (κ3) is 4.24. The van der Waals surface area contributed by atoms with Crippen LogP contribution in [0.2, 0.25) is 0 Å². The number of nitrogens with zero attached hydrogens (tertiary/aromatic N) is 6. The van der Waals surface area contributed by atoms with Gasteiger partial charge in [-0.2, -0.15) is 0 Å². The van der Waals surface area contributed by atoms with Gasteiger partial charge in [-0.15, -0.1) is 10.2 Å². The highest BCUT2D eigenvalue weighted by Crippen LogP contribution is 2.22. The summed E-state index contributed by atoms with van der Waals surface area (Å²) < 4.78 is 10.8. The molecule has 0 radical (unpaired) electrons. The van der Waals surface area contributed by atoms with E-state index in [-0.39, 0.29) is 5.69 Å². The number of rotatable bonds is 6. The lowest BCUT2D eigenvalue weighted by molar-refractivity contribution is -0.384. The standard InChI is InChI=1S/C18H20N6O4/c1-13-10-15(21-28-13)11-22-6-8-23(9-7-22)12-17-19-20-18(27-17)14-2-4-16(5-3-14)24(25)26/h2-5,10H,6-9,11-12H2,1H3. The van der Waals surface area contributed by atoms with E-state index in [9.17, 15) is 10.1 Å². The predicted molar refractivity (Wildman–Crippen MR) is 98.2 cm³/mol. The van der Waals surface area contributed by atoms with E-state index in [0.717, 1.165) is 44.2 Å². The predicted octanol–water partition coefficient (Wildman–Crippen LogP) is 2.26. The molecule has 10 nitrogen and oxygen atoms in total. The second-order valence-corrected chi connectivity index (χ2v) is 6.79. The molecule has 146 valence electrons. The molecule has 4 rings (SSSR count). The van der Waals surface area contributed by atoms with Gasteiger partial charge in [-0.25, -0.2) is 0 Å². The zero-order valence-corrected chi connectivity index (χ0v) is 15.4. The second-order valence-electron chi connectivity index (χ2n) is 6.79. The number of nitro benzene ring substituents is 1. The van der Waals surface area contributed by atoms with E-state index in [2.05, 4.69) is 25.2 Å². The average molecular weight is 384 g/mol. The maximum Gasteiger partial charge on any atom is 0.269 e. The van der Waals surface area contributed by atoms with Gasteiger partial charge in [0, 0.05) is 56.5 Å². The smallest absolute Gasteiger partial charge is 0.269 e. The van der Waals surface area contributed by atoms with Gasteiger partial charge in [0.25, 0.3) is 5.69 Å². The van der Waals surface area contributed by atoms with Crippen molar-refractivity contribution in [3.63, 3.8) is 0 Å². The summed E-state index contributed by atoms with van der Waals surface area (Å²) in [6, 6.07) is 8.04. The minimum absolute atomic E-state index is 0.0298. The first-order chi connectivity index (χ1) is 13.6. The highest BCUT2D eigenvalue weighted by Gasteiger charge is 2.20. The second kappa shape index (κ2) is 7.87. The Labute approximate surface area is 160 Å². The van der Waals surface area contributed by atoms with Gasteiger partial charge in [-0.3, -0.25) is 19.9 Å². The number of non-ortho nitro benzene ring substituents is 1. The summed E-state index contributed by atoms with van der Waals surface area (Å²) >= 11 is 0. The molecule has 0 amide bonds. The van der Waals surface area contributed by atoms with Crippen LogP contribution in [0, 0.1) is 17.0 Å². The quantitative estimate of drug-likeness (QED) is 0.466. The van der Waals surface area contributed by atoms with Crippen molar-refractivity contribution in [2.75, 3.05) is 26.2 Å². The Morgan fingerprint density at radius 3 is 2.36 bits per heavy atom. The van der Waals surface area contributed by atoms with Crippen LogP contribution >= 0.6 is 0 Å². The highest BCUT2D eigenvalue weighted by atomic mass is 16.6. The van der Waals surface area contributed by atoms with Crippen molar-refractivity contribution in [2.24, 2.45) is 0 Å². The van der Waals surface area contributed by atoms with Gasteiger partial charge < -0.3 is 8.94 Å². The van der Waals surface area contributed by atoms with Crippen LogP contribution in [0.3, 0.4) is 0 Å². The average Bonchev–Trinajstić information content (AvgIpc) is 3.32. The van der Waals surface area contributed by atoms with E-state index in [4.69, 9.17) is 8.94 Å². The molecule has 3 aromatic rings. The number of benzene rings is 1. The summed E-state index contributed by atoms with van der Waals surface area (Å²) in [5, 5.41) is 22.9. The van der Waals surface area contributed by atoms with E-state index in [0.29, 0.717) is 23.9 Å². The lowest BCUT2D eigenvalue weighted by atomic mass is 10.2. The highest BCUT2D eigenvalue weighted by molar-refractivity contribution is 5.55. The number of piperazine rings is 1. The monoisotopic (exact) mass is 384 g/mol. The summed E-state index contributed by atoms with van der Waals surface area (Å²) in [6.07, 6.45) is 0. The summed E-state index contributed by atoms with van der Waals surface area (Å²) in [5.74, 6) is 1.73. The van der Waals surface area contributed by atoms with Crippen LogP contribution in [0.4, 0.5) is 5.69 Å². The third-order valence-electron chi connectivity index (χ3n) is 4.68. The topological polar surface area (TPSA) is 115 Å². The Bertz CT molecular complexity index is 943. The fourth-order valence-corrected chi connectivity index (χ4v) is 3.18. The third-order valence-corrected chi connectivity index (χ3v) is 4.68. The zero-order valence-electron chi connectivity index (χ0n) is 15.4. The van der Waals surface area contributed by atoms with Crippen LogP contribution in [-0.4, -0.2) is 56.3 Å². The van der Waals surface area contributed by atoms with Crippen LogP contribution in [0.15, 0.2) is 39.3 Å². The van der Waals surface area contributed by atoms with Crippen molar-refractivity contribution in [2.45, 2.75) is 20.0 Å². The maximum atomic E-state index is 10.7. The molecule has 0 unspecified atom stereocenters. The minimum atomic E-state index is -0.438. The van der Waals surface area contributed by atoms with E-state index in [1.807, 2.05) is 13.0 Å². The number of hydrogen-bond acceptors (Lipinski definition) is 9. The molecule has 0 atom stereocenters. The fourth-order valence-electron chi connectivity index (χ4n) is 3.18. The van der Waals surface area contributed by atoms with Gasteiger partial charge in [0.2, 0.25) is 11.8 Å². The molecule has 0 bridgehead atoms. The molecule has 10 heteroatoms. The molecule has 3 heterocycles. The number of aryl methyl sites for hydroxylation is 1. The molecule has 0 N–H and O–H groups in total. The Kier molecular flexibility index (Phi) is 5.13. The van der Waals surface area contributed by atoms with E-state index in [1.165, 1.54) is 12.1 Å². The van der Waals surface area contributed by atoms with Crippen LogP contribution in [0.25, 0.3) is 11.5 Å². The van der Waals surface area contributed by atoms with Crippen LogP contribution in [-0.2, 0) is 13.1 Å². The van der Waals surface area contributed by atoms with Gasteiger partial charge in [0.15, 0.2) is 0 Å². The Balaban J connectivity index is 1.30. The molecular formula is C18H20N6O4. The first-order valence-corrected chi connectivity index (χ1v) is 9.01.